The summed E-state index contributed by atoms with van der Waals surface area (Å²) >= 11 is 0. The van der Waals surface area contributed by atoms with Crippen LogP contribution in [0.1, 0.15) is 32.9 Å². The van der Waals surface area contributed by atoms with E-state index in [9.17, 15) is 9.59 Å². The molecule has 8 heteroatoms. The van der Waals surface area contributed by atoms with Crippen LogP contribution in [0.25, 0.3) is 6.08 Å². The highest BCUT2D eigenvalue weighted by atomic mass is 16.7. The highest BCUT2D eigenvalue weighted by Crippen LogP contribution is 2.32. The monoisotopic (exact) mass is 444 g/mol. The van der Waals surface area contributed by atoms with Crippen LogP contribution in [0.3, 0.4) is 0 Å². The summed E-state index contributed by atoms with van der Waals surface area (Å²) < 4.78 is 12.5. The number of rotatable bonds is 5. The molecule has 3 aromatic rings. The molecule has 1 N–H and O–H groups in total. The number of fused-ring (bicyclic) bond motifs is 2. The van der Waals surface area contributed by atoms with Crippen LogP contribution in [0.5, 0.6) is 11.5 Å². The van der Waals surface area contributed by atoms with Gasteiger partial charge in [0.25, 0.3) is 5.91 Å². The first-order valence-corrected chi connectivity index (χ1v) is 10.8. The molecule has 33 heavy (non-hydrogen) atoms. The molecule has 2 aliphatic heterocycles. The fourth-order valence-corrected chi connectivity index (χ4v) is 4.12. The standard InChI is InChI=1S/C25H24N4O4/c1-28-20-11-12-29(23(30)10-8-17-5-3-2-4-6-17)15-19(20)24(27-28)25(31)26-14-18-7-9-21-22(13-18)33-16-32-21/h2-10,13H,11-12,14-16H2,1H3,(H,26,31)/b10-8+. The Balaban J connectivity index is 1.27. The lowest BCUT2D eigenvalue weighted by molar-refractivity contribution is -0.126. The van der Waals surface area contributed by atoms with E-state index in [1.807, 2.05) is 55.6 Å². The Labute approximate surface area is 191 Å². The van der Waals surface area contributed by atoms with Crippen LogP contribution in [0, 0.1) is 0 Å². The highest BCUT2D eigenvalue weighted by molar-refractivity contribution is 5.95. The quantitative estimate of drug-likeness (QED) is 0.612. The molecule has 0 unspecified atom stereocenters. The predicted molar refractivity (Wildman–Crippen MR) is 122 cm³/mol. The van der Waals surface area contributed by atoms with E-state index < -0.39 is 0 Å². The van der Waals surface area contributed by atoms with E-state index in [2.05, 4.69) is 10.4 Å². The number of nitrogens with one attached hydrogen (secondary N) is 1. The van der Waals surface area contributed by atoms with Crippen molar-refractivity contribution in [1.29, 1.82) is 0 Å². The fraction of sp³-hybridized carbons (Fsp3) is 0.240. The van der Waals surface area contributed by atoms with Crippen molar-refractivity contribution in [3.05, 3.63) is 82.7 Å². The minimum atomic E-state index is -0.265. The highest BCUT2D eigenvalue weighted by Gasteiger charge is 2.28. The van der Waals surface area contributed by atoms with Gasteiger partial charge in [-0.1, -0.05) is 36.4 Å². The van der Waals surface area contributed by atoms with Crippen LogP contribution < -0.4 is 14.8 Å². The smallest absolute Gasteiger partial charge is 0.272 e. The Morgan fingerprint density at radius 3 is 2.79 bits per heavy atom. The molecule has 8 nitrogen and oxygen atoms in total. The maximum Gasteiger partial charge on any atom is 0.272 e. The average Bonchev–Trinajstić information content (AvgIpc) is 3.45. The van der Waals surface area contributed by atoms with Gasteiger partial charge >= 0.3 is 0 Å². The third-order valence-electron chi connectivity index (χ3n) is 5.88. The van der Waals surface area contributed by atoms with Crippen molar-refractivity contribution in [2.45, 2.75) is 19.5 Å². The van der Waals surface area contributed by atoms with E-state index in [0.717, 1.165) is 22.4 Å². The third-order valence-corrected chi connectivity index (χ3v) is 5.88. The lowest BCUT2D eigenvalue weighted by Crippen LogP contribution is -2.36. The zero-order valence-electron chi connectivity index (χ0n) is 18.3. The van der Waals surface area contributed by atoms with Crippen molar-refractivity contribution in [3.8, 4) is 11.5 Å². The van der Waals surface area contributed by atoms with Crippen LogP contribution >= 0.6 is 0 Å². The summed E-state index contributed by atoms with van der Waals surface area (Å²) in [6.07, 6.45) is 4.04. The molecule has 2 aromatic carbocycles. The molecule has 0 aliphatic carbocycles. The van der Waals surface area contributed by atoms with Crippen LogP contribution in [-0.4, -0.2) is 39.8 Å². The number of hydrogen-bond donors (Lipinski definition) is 1. The molecule has 2 aliphatic rings. The largest absolute Gasteiger partial charge is 0.454 e. The summed E-state index contributed by atoms with van der Waals surface area (Å²) in [7, 11) is 1.83. The Hall–Kier alpha value is -4.07. The van der Waals surface area contributed by atoms with Gasteiger partial charge in [0, 0.05) is 43.9 Å². The van der Waals surface area contributed by atoms with Crippen molar-refractivity contribution in [3.63, 3.8) is 0 Å². The van der Waals surface area contributed by atoms with E-state index in [0.29, 0.717) is 43.2 Å². The molecule has 0 bridgehead atoms. The number of aromatic nitrogens is 2. The van der Waals surface area contributed by atoms with Gasteiger partial charge < -0.3 is 19.7 Å². The second-order valence-corrected chi connectivity index (χ2v) is 8.02. The molecule has 0 saturated heterocycles. The lowest BCUT2D eigenvalue weighted by atomic mass is 10.0. The number of ether oxygens (including phenoxy) is 2. The van der Waals surface area contributed by atoms with Gasteiger partial charge in [0.05, 0.1) is 6.54 Å². The molecule has 0 saturated carbocycles. The molecule has 168 valence electrons. The summed E-state index contributed by atoms with van der Waals surface area (Å²) in [5.41, 5.74) is 4.01. The third kappa shape index (κ3) is 4.32. The Morgan fingerprint density at radius 1 is 1.12 bits per heavy atom. The van der Waals surface area contributed by atoms with Crippen LogP contribution in [0.2, 0.25) is 0 Å². The van der Waals surface area contributed by atoms with Gasteiger partial charge in [0.1, 0.15) is 0 Å². The van der Waals surface area contributed by atoms with Crippen molar-refractivity contribution < 1.29 is 19.1 Å². The van der Waals surface area contributed by atoms with Crippen LogP contribution in [0.15, 0.2) is 54.6 Å². The van der Waals surface area contributed by atoms with Crippen molar-refractivity contribution in [1.82, 2.24) is 20.0 Å². The Bertz CT molecular complexity index is 1230. The maximum atomic E-state index is 13.0. The van der Waals surface area contributed by atoms with Gasteiger partial charge in [-0.3, -0.25) is 14.3 Å². The van der Waals surface area contributed by atoms with E-state index in [1.54, 1.807) is 21.7 Å². The first-order chi connectivity index (χ1) is 16.1. The van der Waals surface area contributed by atoms with Gasteiger partial charge in [-0.25, -0.2) is 0 Å². The number of hydrogen-bond acceptors (Lipinski definition) is 5. The van der Waals surface area contributed by atoms with Crippen molar-refractivity contribution >= 4 is 17.9 Å². The summed E-state index contributed by atoms with van der Waals surface area (Å²) in [5.74, 6) is 1.03. The second-order valence-electron chi connectivity index (χ2n) is 8.02. The number of nitrogens with zero attached hydrogens (tertiary/aromatic N) is 3. The van der Waals surface area contributed by atoms with Gasteiger partial charge in [-0.2, -0.15) is 5.10 Å². The van der Waals surface area contributed by atoms with Gasteiger partial charge in [-0.15, -0.1) is 0 Å². The van der Waals surface area contributed by atoms with Gasteiger partial charge in [-0.05, 0) is 29.3 Å². The molecule has 0 atom stereocenters. The number of carbonyl (C=O) groups excluding carboxylic acids is 2. The maximum absolute atomic E-state index is 13.0. The normalized spacial score (nSPS) is 14.4. The first-order valence-electron chi connectivity index (χ1n) is 10.8. The van der Waals surface area contributed by atoms with Gasteiger partial charge in [0.15, 0.2) is 17.2 Å². The molecule has 1 aromatic heterocycles. The fourth-order valence-electron chi connectivity index (χ4n) is 4.12. The summed E-state index contributed by atoms with van der Waals surface area (Å²) in [5, 5.41) is 7.39. The average molecular weight is 444 g/mol. The molecule has 5 rings (SSSR count). The summed E-state index contributed by atoms with van der Waals surface area (Å²) in [6, 6.07) is 15.3. The molecular formula is C25H24N4O4. The molecule has 0 spiro atoms. The zero-order chi connectivity index (χ0) is 22.8. The summed E-state index contributed by atoms with van der Waals surface area (Å²) in [6.45, 7) is 1.49. The van der Waals surface area contributed by atoms with E-state index in [-0.39, 0.29) is 18.6 Å². The number of carbonyl (C=O) groups is 2. The summed E-state index contributed by atoms with van der Waals surface area (Å²) in [4.78, 5) is 27.5. The molecular weight excluding hydrogens is 420 g/mol. The predicted octanol–water partition coefficient (Wildman–Crippen LogP) is 2.68. The minimum absolute atomic E-state index is 0.0833. The Kier molecular flexibility index (Phi) is 5.56. The SMILES string of the molecule is Cn1nc(C(=O)NCc2ccc3c(c2)OCO3)c2c1CCN(C(=O)/C=C/c1ccccc1)C2. The molecule has 3 heterocycles. The molecule has 2 amide bonds. The molecule has 0 fully saturated rings. The van der Waals surface area contributed by atoms with Gasteiger partial charge in [0.2, 0.25) is 12.7 Å². The number of amides is 2. The zero-order valence-corrected chi connectivity index (χ0v) is 18.3. The number of benzene rings is 2. The lowest BCUT2D eigenvalue weighted by Gasteiger charge is -2.26. The van der Waals surface area contributed by atoms with Crippen LogP contribution in [-0.2, 0) is 31.4 Å². The van der Waals surface area contributed by atoms with Crippen molar-refractivity contribution in [2.75, 3.05) is 13.3 Å². The molecule has 0 radical (unpaired) electrons. The minimum Gasteiger partial charge on any atom is -0.454 e. The van der Waals surface area contributed by atoms with E-state index >= 15 is 0 Å². The topological polar surface area (TPSA) is 85.7 Å². The Morgan fingerprint density at radius 2 is 1.94 bits per heavy atom. The second kappa shape index (κ2) is 8.82. The van der Waals surface area contributed by atoms with Crippen molar-refractivity contribution in [2.24, 2.45) is 7.05 Å². The number of aryl methyl sites for hydroxylation is 1. The van der Waals surface area contributed by atoms with Crippen LogP contribution in [0.4, 0.5) is 0 Å². The first kappa shape index (κ1) is 20.8. The van der Waals surface area contributed by atoms with E-state index in [4.69, 9.17) is 9.47 Å². The van der Waals surface area contributed by atoms with E-state index in [1.165, 1.54) is 0 Å².